The maximum Gasteiger partial charge on any atom is 0.338 e. The molecule has 0 amide bonds. The Morgan fingerprint density at radius 1 is 0.778 bits per heavy atom. The fraction of sp³-hybridized carbons (Fsp3) is 0.696. The summed E-state index contributed by atoms with van der Waals surface area (Å²) >= 11 is 3.43. The number of carbonyl (C=O) groups excluding carboxylic acids is 1. The van der Waals surface area contributed by atoms with Crippen LogP contribution < -0.4 is 4.74 Å². The van der Waals surface area contributed by atoms with Crippen molar-refractivity contribution in [3.8, 4) is 5.75 Å². The molecular formula is C23H37BrO3. The molecule has 1 aromatic carbocycles. The van der Waals surface area contributed by atoms with Crippen molar-refractivity contribution < 1.29 is 14.3 Å². The van der Waals surface area contributed by atoms with Gasteiger partial charge in [0.2, 0.25) is 0 Å². The molecule has 1 aromatic rings. The van der Waals surface area contributed by atoms with Crippen LogP contribution in [0.1, 0.15) is 94.3 Å². The lowest BCUT2D eigenvalue weighted by molar-refractivity contribution is 0.0497. The van der Waals surface area contributed by atoms with Crippen molar-refractivity contribution in [1.82, 2.24) is 0 Å². The normalized spacial score (nSPS) is 10.7. The van der Waals surface area contributed by atoms with Crippen LogP contribution in [-0.2, 0) is 4.74 Å². The van der Waals surface area contributed by atoms with Gasteiger partial charge in [-0.2, -0.15) is 0 Å². The van der Waals surface area contributed by atoms with Crippen LogP contribution in [0, 0.1) is 0 Å². The summed E-state index contributed by atoms with van der Waals surface area (Å²) in [6, 6.07) is 7.30. The summed E-state index contributed by atoms with van der Waals surface area (Å²) in [6.07, 6.45) is 14.7. The van der Waals surface area contributed by atoms with Crippen LogP contribution in [0.4, 0.5) is 0 Å². The van der Waals surface area contributed by atoms with Crippen LogP contribution in [0.2, 0.25) is 0 Å². The number of esters is 1. The van der Waals surface area contributed by atoms with E-state index in [1.54, 1.807) is 12.1 Å². The Morgan fingerprint density at radius 3 is 1.96 bits per heavy atom. The summed E-state index contributed by atoms with van der Waals surface area (Å²) in [4.78, 5) is 12.0. The zero-order valence-electron chi connectivity index (χ0n) is 17.0. The number of ether oxygens (including phenoxy) is 2. The number of halogens is 1. The van der Waals surface area contributed by atoms with Crippen molar-refractivity contribution in [1.29, 1.82) is 0 Å². The zero-order chi connectivity index (χ0) is 19.6. The highest BCUT2D eigenvalue weighted by atomic mass is 79.9. The third-order valence-electron chi connectivity index (χ3n) is 4.62. The van der Waals surface area contributed by atoms with E-state index in [1.165, 1.54) is 57.8 Å². The summed E-state index contributed by atoms with van der Waals surface area (Å²) in [5, 5.41) is 1.07. The third-order valence-corrected chi connectivity index (χ3v) is 5.18. The van der Waals surface area contributed by atoms with Crippen molar-refractivity contribution >= 4 is 21.9 Å². The van der Waals surface area contributed by atoms with Crippen LogP contribution >= 0.6 is 15.9 Å². The molecule has 0 bridgehead atoms. The van der Waals surface area contributed by atoms with Gasteiger partial charge in [0.05, 0.1) is 18.8 Å². The number of hydrogen-bond acceptors (Lipinski definition) is 3. The highest BCUT2D eigenvalue weighted by Crippen LogP contribution is 2.15. The average molecular weight is 441 g/mol. The molecule has 0 aromatic heterocycles. The van der Waals surface area contributed by atoms with Crippen molar-refractivity contribution in [3.63, 3.8) is 0 Å². The number of alkyl halides is 1. The molecule has 0 N–H and O–H groups in total. The minimum Gasteiger partial charge on any atom is -0.494 e. The largest absolute Gasteiger partial charge is 0.494 e. The highest BCUT2D eigenvalue weighted by Gasteiger charge is 2.07. The predicted molar refractivity (Wildman–Crippen MR) is 117 cm³/mol. The van der Waals surface area contributed by atoms with Crippen molar-refractivity contribution in [2.75, 3.05) is 18.5 Å². The SMILES string of the molecule is CCCCCCCCCOc1ccc(C(=O)OCCCCCCCBr)cc1. The fourth-order valence-corrected chi connectivity index (χ4v) is 3.31. The second-order valence-corrected chi connectivity index (χ2v) is 7.88. The lowest BCUT2D eigenvalue weighted by Gasteiger charge is -2.08. The summed E-state index contributed by atoms with van der Waals surface area (Å²) in [7, 11) is 0. The van der Waals surface area contributed by atoms with E-state index >= 15 is 0 Å². The van der Waals surface area contributed by atoms with Crippen LogP contribution in [0.25, 0.3) is 0 Å². The second-order valence-electron chi connectivity index (χ2n) is 7.09. The van der Waals surface area contributed by atoms with Crippen LogP contribution in [0.15, 0.2) is 24.3 Å². The number of benzene rings is 1. The van der Waals surface area contributed by atoms with E-state index in [9.17, 15) is 4.79 Å². The maximum absolute atomic E-state index is 12.0. The van der Waals surface area contributed by atoms with Crippen molar-refractivity contribution in [3.05, 3.63) is 29.8 Å². The molecule has 0 aliphatic heterocycles. The van der Waals surface area contributed by atoms with Crippen molar-refractivity contribution in [2.24, 2.45) is 0 Å². The number of hydrogen-bond donors (Lipinski definition) is 0. The van der Waals surface area contributed by atoms with Gasteiger partial charge in [-0.1, -0.05) is 80.6 Å². The van der Waals surface area contributed by atoms with E-state index in [0.717, 1.165) is 36.9 Å². The molecule has 0 saturated carbocycles. The van der Waals surface area contributed by atoms with Crippen LogP contribution in [0.5, 0.6) is 5.75 Å². The van der Waals surface area contributed by atoms with E-state index < -0.39 is 0 Å². The summed E-state index contributed by atoms with van der Waals surface area (Å²) < 4.78 is 11.1. The first-order valence-electron chi connectivity index (χ1n) is 10.7. The average Bonchev–Trinajstić information content (AvgIpc) is 2.69. The Kier molecular flexibility index (Phi) is 15.2. The second kappa shape index (κ2) is 17.1. The van der Waals surface area contributed by atoms with E-state index in [4.69, 9.17) is 9.47 Å². The summed E-state index contributed by atoms with van der Waals surface area (Å²) in [6.45, 7) is 3.49. The lowest BCUT2D eigenvalue weighted by atomic mass is 10.1. The number of carbonyl (C=O) groups is 1. The zero-order valence-corrected chi connectivity index (χ0v) is 18.6. The minimum atomic E-state index is -0.242. The third kappa shape index (κ3) is 12.9. The van der Waals surface area contributed by atoms with E-state index in [2.05, 4.69) is 22.9 Å². The minimum absolute atomic E-state index is 0.242. The quantitative estimate of drug-likeness (QED) is 0.144. The molecule has 4 heteroatoms. The van der Waals surface area contributed by atoms with E-state index in [1.807, 2.05) is 12.1 Å². The summed E-state index contributed by atoms with van der Waals surface area (Å²) in [5.74, 6) is 0.582. The van der Waals surface area contributed by atoms with Crippen molar-refractivity contribution in [2.45, 2.75) is 84.0 Å². The molecule has 1 rings (SSSR count). The molecule has 0 aliphatic carbocycles. The molecule has 0 fully saturated rings. The molecule has 0 aliphatic rings. The van der Waals surface area contributed by atoms with Gasteiger partial charge in [0, 0.05) is 5.33 Å². The summed E-state index contributed by atoms with van der Waals surface area (Å²) in [5.41, 5.74) is 0.595. The molecule has 154 valence electrons. The highest BCUT2D eigenvalue weighted by molar-refractivity contribution is 9.09. The molecule has 0 radical (unpaired) electrons. The fourth-order valence-electron chi connectivity index (χ4n) is 2.91. The van der Waals surface area contributed by atoms with Gasteiger partial charge in [-0.05, 0) is 43.5 Å². The molecule has 27 heavy (non-hydrogen) atoms. The van der Waals surface area contributed by atoms with Crippen LogP contribution in [0.3, 0.4) is 0 Å². The van der Waals surface area contributed by atoms with Gasteiger partial charge in [0.25, 0.3) is 0 Å². The Morgan fingerprint density at radius 2 is 1.33 bits per heavy atom. The smallest absolute Gasteiger partial charge is 0.338 e. The number of unbranched alkanes of at least 4 members (excludes halogenated alkanes) is 10. The molecule has 0 unspecified atom stereocenters. The Bertz CT molecular complexity index is 473. The van der Waals surface area contributed by atoms with Gasteiger partial charge >= 0.3 is 5.97 Å². The van der Waals surface area contributed by atoms with Crippen LogP contribution in [-0.4, -0.2) is 24.5 Å². The lowest BCUT2D eigenvalue weighted by Crippen LogP contribution is -2.06. The standard InChI is InChI=1S/C23H37BrO3/c1-2-3-4-5-6-9-12-19-26-22-16-14-21(15-17-22)23(25)27-20-13-10-7-8-11-18-24/h14-17H,2-13,18-20H2,1H3. The predicted octanol–water partition coefficient (Wildman–Crippen LogP) is 7.32. The maximum atomic E-state index is 12.0. The van der Waals surface area contributed by atoms with E-state index in [0.29, 0.717) is 12.2 Å². The van der Waals surface area contributed by atoms with Gasteiger partial charge in [0.1, 0.15) is 5.75 Å². The molecule has 3 nitrogen and oxygen atoms in total. The first-order chi connectivity index (χ1) is 13.3. The first-order valence-corrected chi connectivity index (χ1v) is 11.9. The molecular weight excluding hydrogens is 404 g/mol. The monoisotopic (exact) mass is 440 g/mol. The number of rotatable bonds is 17. The van der Waals surface area contributed by atoms with Gasteiger partial charge in [-0.15, -0.1) is 0 Å². The topological polar surface area (TPSA) is 35.5 Å². The van der Waals surface area contributed by atoms with E-state index in [-0.39, 0.29) is 5.97 Å². The van der Waals surface area contributed by atoms with Gasteiger partial charge < -0.3 is 9.47 Å². The van der Waals surface area contributed by atoms with Gasteiger partial charge in [-0.3, -0.25) is 0 Å². The van der Waals surface area contributed by atoms with Gasteiger partial charge in [0.15, 0.2) is 0 Å². The molecule has 0 spiro atoms. The Labute approximate surface area is 174 Å². The molecule has 0 atom stereocenters. The van der Waals surface area contributed by atoms with Gasteiger partial charge in [-0.25, -0.2) is 4.79 Å². The molecule has 0 heterocycles. The first kappa shape index (κ1) is 24.0. The Hall–Kier alpha value is -1.03. The molecule has 0 saturated heterocycles. The Balaban J connectivity index is 2.09.